The maximum atomic E-state index is 5.76. The van der Waals surface area contributed by atoms with E-state index in [1.807, 2.05) is 31.2 Å². The zero-order valence-corrected chi connectivity index (χ0v) is 14.9. The van der Waals surface area contributed by atoms with Crippen LogP contribution in [0.25, 0.3) is 11.3 Å². The third-order valence-corrected chi connectivity index (χ3v) is 5.04. The molecule has 3 aromatic rings. The van der Waals surface area contributed by atoms with Gasteiger partial charge in [-0.1, -0.05) is 19.1 Å². The Bertz CT molecular complexity index is 792. The average molecular weight is 338 g/mol. The van der Waals surface area contributed by atoms with E-state index in [2.05, 4.69) is 31.2 Å². The Morgan fingerprint density at radius 2 is 1.71 bits per heavy atom. The number of nitrogen functional groups attached to an aromatic ring is 1. The second-order valence-electron chi connectivity index (χ2n) is 5.61. The Hall–Kier alpha value is -2.33. The standard InChI is InChI=1S/C20H22N2OS/c1-3-18-20(15-7-11-17(12-8-15)23-4-2)22-19(24-18)13-14-5-9-16(21)10-6-14/h5-12H,3-4,13,21H2,1-2H3. The van der Waals surface area contributed by atoms with E-state index in [-0.39, 0.29) is 0 Å². The van der Waals surface area contributed by atoms with Crippen molar-refractivity contribution in [3.63, 3.8) is 0 Å². The number of ether oxygens (including phenoxy) is 1. The summed E-state index contributed by atoms with van der Waals surface area (Å²) in [7, 11) is 0. The predicted octanol–water partition coefficient (Wildman–Crippen LogP) is 4.94. The minimum absolute atomic E-state index is 0.683. The maximum Gasteiger partial charge on any atom is 0.119 e. The normalized spacial score (nSPS) is 10.8. The lowest BCUT2D eigenvalue weighted by Gasteiger charge is -2.04. The molecule has 2 N–H and O–H groups in total. The van der Waals surface area contributed by atoms with Crippen molar-refractivity contribution in [3.05, 3.63) is 64.0 Å². The molecule has 3 nitrogen and oxygen atoms in total. The third kappa shape index (κ3) is 3.77. The summed E-state index contributed by atoms with van der Waals surface area (Å²) in [6, 6.07) is 16.2. The largest absolute Gasteiger partial charge is 0.494 e. The molecule has 0 unspecified atom stereocenters. The van der Waals surface area contributed by atoms with E-state index in [4.69, 9.17) is 15.5 Å². The van der Waals surface area contributed by atoms with Crippen molar-refractivity contribution in [2.75, 3.05) is 12.3 Å². The molecule has 3 rings (SSSR count). The Morgan fingerprint density at radius 1 is 1.00 bits per heavy atom. The fourth-order valence-corrected chi connectivity index (χ4v) is 3.69. The number of nitrogens with zero attached hydrogens (tertiary/aromatic N) is 1. The summed E-state index contributed by atoms with van der Waals surface area (Å²) in [5.74, 6) is 0.900. The molecular weight excluding hydrogens is 316 g/mol. The van der Waals surface area contributed by atoms with Gasteiger partial charge in [0, 0.05) is 22.5 Å². The Kier molecular flexibility index (Phi) is 5.16. The smallest absolute Gasteiger partial charge is 0.119 e. The van der Waals surface area contributed by atoms with Gasteiger partial charge in [-0.05, 0) is 55.3 Å². The quantitative estimate of drug-likeness (QED) is 0.647. The molecule has 24 heavy (non-hydrogen) atoms. The van der Waals surface area contributed by atoms with Gasteiger partial charge in [0.1, 0.15) is 5.75 Å². The van der Waals surface area contributed by atoms with Crippen molar-refractivity contribution < 1.29 is 4.74 Å². The lowest BCUT2D eigenvalue weighted by atomic mass is 10.1. The highest BCUT2D eigenvalue weighted by atomic mass is 32.1. The molecule has 0 spiro atoms. The average Bonchev–Trinajstić information content (AvgIpc) is 3.01. The zero-order chi connectivity index (χ0) is 16.9. The fraction of sp³-hybridized carbons (Fsp3) is 0.250. The van der Waals surface area contributed by atoms with Gasteiger partial charge in [0.25, 0.3) is 0 Å². The summed E-state index contributed by atoms with van der Waals surface area (Å²) < 4.78 is 5.52. The first-order valence-electron chi connectivity index (χ1n) is 8.25. The summed E-state index contributed by atoms with van der Waals surface area (Å²) in [4.78, 5) is 6.21. The first-order chi connectivity index (χ1) is 11.7. The molecule has 0 aliphatic carbocycles. The topological polar surface area (TPSA) is 48.1 Å². The summed E-state index contributed by atoms with van der Waals surface area (Å²) in [6.07, 6.45) is 1.83. The van der Waals surface area contributed by atoms with Crippen molar-refractivity contribution in [3.8, 4) is 17.0 Å². The van der Waals surface area contributed by atoms with Gasteiger partial charge in [-0.3, -0.25) is 0 Å². The first kappa shape index (κ1) is 16.5. The lowest BCUT2D eigenvalue weighted by Crippen LogP contribution is -1.91. The van der Waals surface area contributed by atoms with Crippen LogP contribution < -0.4 is 10.5 Å². The predicted molar refractivity (Wildman–Crippen MR) is 102 cm³/mol. The number of thiazole rings is 1. The molecule has 4 heteroatoms. The van der Waals surface area contributed by atoms with Crippen LogP contribution in [0.2, 0.25) is 0 Å². The number of hydrogen-bond acceptors (Lipinski definition) is 4. The van der Waals surface area contributed by atoms with Crippen LogP contribution >= 0.6 is 11.3 Å². The van der Waals surface area contributed by atoms with Gasteiger partial charge in [-0.15, -0.1) is 11.3 Å². The molecule has 0 aliphatic heterocycles. The first-order valence-corrected chi connectivity index (χ1v) is 9.07. The van der Waals surface area contributed by atoms with Crippen LogP contribution in [0.5, 0.6) is 5.75 Å². The van der Waals surface area contributed by atoms with Gasteiger partial charge >= 0.3 is 0 Å². The number of nitrogens with two attached hydrogens (primary N) is 1. The van der Waals surface area contributed by atoms with Gasteiger partial charge in [0.15, 0.2) is 0 Å². The van der Waals surface area contributed by atoms with Crippen LogP contribution in [-0.4, -0.2) is 11.6 Å². The number of benzene rings is 2. The molecule has 0 amide bonds. The maximum absolute atomic E-state index is 5.76. The molecule has 1 aromatic heterocycles. The van der Waals surface area contributed by atoms with Crippen molar-refractivity contribution in [1.82, 2.24) is 4.98 Å². The highest BCUT2D eigenvalue weighted by Gasteiger charge is 2.12. The number of rotatable bonds is 6. The summed E-state index contributed by atoms with van der Waals surface area (Å²) in [6.45, 7) is 4.85. The van der Waals surface area contributed by atoms with Crippen LogP contribution in [0, 0.1) is 0 Å². The monoisotopic (exact) mass is 338 g/mol. The number of aromatic nitrogens is 1. The van der Waals surface area contributed by atoms with Crippen LogP contribution in [0.3, 0.4) is 0 Å². The Balaban J connectivity index is 1.85. The highest BCUT2D eigenvalue weighted by molar-refractivity contribution is 7.12. The number of hydrogen-bond donors (Lipinski definition) is 1. The van der Waals surface area contributed by atoms with Crippen LogP contribution in [0.15, 0.2) is 48.5 Å². The number of anilines is 1. The van der Waals surface area contributed by atoms with E-state index in [1.54, 1.807) is 11.3 Å². The van der Waals surface area contributed by atoms with Crippen LogP contribution in [0.1, 0.15) is 29.3 Å². The van der Waals surface area contributed by atoms with Gasteiger partial charge in [-0.2, -0.15) is 0 Å². The lowest BCUT2D eigenvalue weighted by molar-refractivity contribution is 0.340. The second-order valence-corrected chi connectivity index (χ2v) is 6.78. The van der Waals surface area contributed by atoms with E-state index < -0.39 is 0 Å². The molecule has 0 atom stereocenters. The minimum atomic E-state index is 0.683. The molecule has 0 fully saturated rings. The minimum Gasteiger partial charge on any atom is -0.494 e. The summed E-state index contributed by atoms with van der Waals surface area (Å²) >= 11 is 1.79. The third-order valence-electron chi connectivity index (χ3n) is 3.84. The van der Waals surface area contributed by atoms with Gasteiger partial charge in [0.2, 0.25) is 0 Å². The Morgan fingerprint density at radius 3 is 2.33 bits per heavy atom. The second kappa shape index (κ2) is 7.49. The van der Waals surface area contributed by atoms with Gasteiger partial charge in [-0.25, -0.2) is 4.98 Å². The van der Waals surface area contributed by atoms with Crippen molar-refractivity contribution in [2.24, 2.45) is 0 Å². The molecule has 0 saturated carbocycles. The van der Waals surface area contributed by atoms with Crippen LogP contribution in [-0.2, 0) is 12.8 Å². The van der Waals surface area contributed by atoms with E-state index in [9.17, 15) is 0 Å². The molecule has 0 saturated heterocycles. The number of aryl methyl sites for hydroxylation is 1. The molecule has 124 valence electrons. The zero-order valence-electron chi connectivity index (χ0n) is 14.1. The Labute approximate surface area is 147 Å². The van der Waals surface area contributed by atoms with Crippen molar-refractivity contribution in [2.45, 2.75) is 26.7 Å². The summed E-state index contributed by atoms with van der Waals surface area (Å²) in [5.41, 5.74) is 10.0. The highest BCUT2D eigenvalue weighted by Crippen LogP contribution is 2.31. The molecule has 0 aliphatic rings. The van der Waals surface area contributed by atoms with Gasteiger partial charge < -0.3 is 10.5 Å². The molecule has 2 aromatic carbocycles. The van der Waals surface area contributed by atoms with E-state index >= 15 is 0 Å². The molecular formula is C20H22N2OS. The van der Waals surface area contributed by atoms with Crippen molar-refractivity contribution in [1.29, 1.82) is 0 Å². The van der Waals surface area contributed by atoms with E-state index in [1.165, 1.54) is 10.4 Å². The van der Waals surface area contributed by atoms with Gasteiger partial charge in [0.05, 0.1) is 17.3 Å². The molecule has 0 bridgehead atoms. The summed E-state index contributed by atoms with van der Waals surface area (Å²) in [5, 5.41) is 1.14. The fourth-order valence-electron chi connectivity index (χ4n) is 2.63. The van der Waals surface area contributed by atoms with E-state index in [0.29, 0.717) is 6.61 Å². The van der Waals surface area contributed by atoms with Crippen molar-refractivity contribution >= 4 is 17.0 Å². The SMILES string of the molecule is CCOc1ccc(-c2nc(Cc3ccc(N)cc3)sc2CC)cc1. The van der Waals surface area contributed by atoms with E-state index in [0.717, 1.165) is 40.5 Å². The molecule has 0 radical (unpaired) electrons. The van der Waals surface area contributed by atoms with Crippen LogP contribution in [0.4, 0.5) is 5.69 Å². The molecule has 1 heterocycles.